The van der Waals surface area contributed by atoms with E-state index in [1.165, 1.54) is 6.07 Å². The van der Waals surface area contributed by atoms with E-state index in [2.05, 4.69) is 4.72 Å². The Kier molecular flexibility index (Phi) is 5.39. The lowest BCUT2D eigenvalue weighted by Crippen LogP contribution is -2.12. The van der Waals surface area contributed by atoms with Crippen molar-refractivity contribution in [2.45, 2.75) is 20.0 Å². The van der Waals surface area contributed by atoms with Crippen LogP contribution in [-0.4, -0.2) is 20.5 Å². The van der Waals surface area contributed by atoms with Crippen molar-refractivity contribution >= 4 is 21.5 Å². The summed E-state index contributed by atoms with van der Waals surface area (Å²) in [6.07, 6.45) is 1.41. The van der Waals surface area contributed by atoms with E-state index >= 15 is 0 Å². The highest BCUT2D eigenvalue weighted by Gasteiger charge is 2.13. The zero-order chi connectivity index (χ0) is 16.9. The van der Waals surface area contributed by atoms with E-state index in [-0.39, 0.29) is 11.5 Å². The highest BCUT2D eigenvalue weighted by Crippen LogP contribution is 2.28. The minimum atomic E-state index is -3.47. The largest absolute Gasteiger partial charge is 0.487 e. The molecule has 0 aliphatic carbocycles. The van der Waals surface area contributed by atoms with E-state index < -0.39 is 10.0 Å². The van der Waals surface area contributed by atoms with Gasteiger partial charge in [0.25, 0.3) is 0 Å². The van der Waals surface area contributed by atoms with Gasteiger partial charge in [0, 0.05) is 12.0 Å². The zero-order valence-corrected chi connectivity index (χ0v) is 13.9. The monoisotopic (exact) mass is 333 g/mol. The Bertz CT molecular complexity index is 785. The van der Waals surface area contributed by atoms with E-state index in [0.29, 0.717) is 24.3 Å². The Labute approximate surface area is 136 Å². The first-order valence-corrected chi connectivity index (χ1v) is 9.10. The predicted octanol–water partition coefficient (Wildman–Crippen LogP) is 3.23. The average molecular weight is 333 g/mol. The van der Waals surface area contributed by atoms with Crippen LogP contribution in [-0.2, 0) is 16.6 Å². The van der Waals surface area contributed by atoms with Crippen LogP contribution >= 0.6 is 0 Å². The minimum Gasteiger partial charge on any atom is -0.487 e. The highest BCUT2D eigenvalue weighted by molar-refractivity contribution is 7.92. The number of ether oxygens (including phenoxy) is 1. The van der Waals surface area contributed by atoms with Crippen molar-refractivity contribution in [3.63, 3.8) is 0 Å². The summed E-state index contributed by atoms with van der Waals surface area (Å²) in [7, 11) is -3.47. The molecule has 2 aromatic rings. The molecule has 6 heteroatoms. The molecular formula is C17H19NO4S. The predicted molar refractivity (Wildman–Crippen MR) is 90.3 cm³/mol. The van der Waals surface area contributed by atoms with Gasteiger partial charge in [0.2, 0.25) is 10.0 Å². The Morgan fingerprint density at radius 1 is 1.13 bits per heavy atom. The SMILES string of the molecule is CCC(=O)c1ccc(OCc2ccccc2)c(NS(C)(=O)=O)c1. The molecule has 122 valence electrons. The zero-order valence-electron chi connectivity index (χ0n) is 13.1. The van der Waals surface area contributed by atoms with Crippen molar-refractivity contribution in [3.05, 3.63) is 59.7 Å². The van der Waals surface area contributed by atoms with Gasteiger partial charge in [-0.25, -0.2) is 8.42 Å². The molecule has 0 aliphatic rings. The molecule has 0 saturated carbocycles. The van der Waals surface area contributed by atoms with Crippen LogP contribution in [0.4, 0.5) is 5.69 Å². The lowest BCUT2D eigenvalue weighted by molar-refractivity contribution is 0.0988. The number of carbonyl (C=O) groups excluding carboxylic acids is 1. The smallest absolute Gasteiger partial charge is 0.229 e. The van der Waals surface area contributed by atoms with Crippen molar-refractivity contribution in [1.29, 1.82) is 0 Å². The first-order valence-electron chi connectivity index (χ1n) is 7.21. The molecule has 0 fully saturated rings. The molecular weight excluding hydrogens is 314 g/mol. The molecule has 0 radical (unpaired) electrons. The number of rotatable bonds is 7. The summed E-state index contributed by atoms with van der Waals surface area (Å²) in [5, 5.41) is 0. The summed E-state index contributed by atoms with van der Waals surface area (Å²) < 4.78 is 31.2. The Hall–Kier alpha value is -2.34. The van der Waals surface area contributed by atoms with Gasteiger partial charge in [-0.15, -0.1) is 0 Å². The van der Waals surface area contributed by atoms with Crippen LogP contribution in [0.5, 0.6) is 5.75 Å². The molecule has 0 amide bonds. The number of Topliss-reactive ketones (excluding diaryl/α,β-unsaturated/α-hetero) is 1. The topological polar surface area (TPSA) is 72.5 Å². The molecule has 0 atom stereocenters. The second-order valence-corrected chi connectivity index (χ2v) is 6.88. The molecule has 0 aromatic heterocycles. The highest BCUT2D eigenvalue weighted by atomic mass is 32.2. The number of hydrogen-bond donors (Lipinski definition) is 1. The first-order chi connectivity index (χ1) is 10.9. The fourth-order valence-electron chi connectivity index (χ4n) is 2.05. The number of ketones is 1. The van der Waals surface area contributed by atoms with E-state index in [1.54, 1.807) is 19.1 Å². The lowest BCUT2D eigenvalue weighted by atomic mass is 10.1. The van der Waals surface area contributed by atoms with Gasteiger partial charge in [-0.2, -0.15) is 0 Å². The van der Waals surface area contributed by atoms with Gasteiger partial charge in [-0.1, -0.05) is 37.3 Å². The fraction of sp³-hybridized carbons (Fsp3) is 0.235. The van der Waals surface area contributed by atoms with Crippen molar-refractivity contribution in [1.82, 2.24) is 0 Å². The van der Waals surface area contributed by atoms with Gasteiger partial charge in [0.1, 0.15) is 12.4 Å². The standard InChI is InChI=1S/C17H19NO4S/c1-3-16(19)14-9-10-17(15(11-14)18-23(2,20)21)22-12-13-7-5-4-6-8-13/h4-11,18H,3,12H2,1-2H3. The molecule has 0 bridgehead atoms. The minimum absolute atomic E-state index is 0.0591. The van der Waals surface area contributed by atoms with E-state index in [0.717, 1.165) is 11.8 Å². The maximum atomic E-state index is 11.8. The van der Waals surface area contributed by atoms with Gasteiger partial charge >= 0.3 is 0 Å². The molecule has 0 unspecified atom stereocenters. The van der Waals surface area contributed by atoms with Crippen LogP contribution in [0, 0.1) is 0 Å². The maximum Gasteiger partial charge on any atom is 0.229 e. The van der Waals surface area contributed by atoms with E-state index in [4.69, 9.17) is 4.74 Å². The van der Waals surface area contributed by atoms with Crippen LogP contribution in [0.1, 0.15) is 29.3 Å². The summed E-state index contributed by atoms with van der Waals surface area (Å²) in [5.41, 5.74) is 1.68. The van der Waals surface area contributed by atoms with Crippen molar-refractivity contribution in [2.24, 2.45) is 0 Å². The van der Waals surface area contributed by atoms with Gasteiger partial charge in [-0.3, -0.25) is 9.52 Å². The number of carbonyl (C=O) groups is 1. The van der Waals surface area contributed by atoms with Crippen molar-refractivity contribution in [3.8, 4) is 5.75 Å². The summed E-state index contributed by atoms with van der Waals surface area (Å²) in [5.74, 6) is 0.322. The summed E-state index contributed by atoms with van der Waals surface area (Å²) in [4.78, 5) is 11.8. The molecule has 0 spiro atoms. The van der Waals surface area contributed by atoms with Crippen LogP contribution in [0.15, 0.2) is 48.5 Å². The van der Waals surface area contributed by atoms with Gasteiger partial charge in [0.15, 0.2) is 5.78 Å². The van der Waals surface area contributed by atoms with Gasteiger partial charge < -0.3 is 4.74 Å². The molecule has 1 N–H and O–H groups in total. The molecule has 5 nitrogen and oxygen atoms in total. The number of anilines is 1. The molecule has 0 saturated heterocycles. The van der Waals surface area contributed by atoms with Crippen LogP contribution in [0.3, 0.4) is 0 Å². The van der Waals surface area contributed by atoms with Crippen molar-refractivity contribution in [2.75, 3.05) is 11.0 Å². The summed E-state index contributed by atoms with van der Waals surface area (Å²) in [6, 6.07) is 14.3. The Morgan fingerprint density at radius 2 is 1.83 bits per heavy atom. The maximum absolute atomic E-state index is 11.8. The average Bonchev–Trinajstić information content (AvgIpc) is 2.52. The van der Waals surface area contributed by atoms with Crippen LogP contribution in [0.2, 0.25) is 0 Å². The number of nitrogens with one attached hydrogen (secondary N) is 1. The van der Waals surface area contributed by atoms with E-state index in [9.17, 15) is 13.2 Å². The third kappa shape index (κ3) is 5.10. The third-order valence-corrected chi connectivity index (χ3v) is 3.75. The molecule has 0 heterocycles. The number of hydrogen-bond acceptors (Lipinski definition) is 4. The second-order valence-electron chi connectivity index (χ2n) is 5.14. The molecule has 2 aromatic carbocycles. The van der Waals surface area contributed by atoms with Crippen LogP contribution < -0.4 is 9.46 Å². The third-order valence-electron chi connectivity index (χ3n) is 3.16. The second kappa shape index (κ2) is 7.28. The summed E-state index contributed by atoms with van der Waals surface area (Å²) >= 11 is 0. The number of sulfonamides is 1. The summed E-state index contributed by atoms with van der Waals surface area (Å²) in [6.45, 7) is 2.06. The fourth-order valence-corrected chi connectivity index (χ4v) is 2.61. The van der Waals surface area contributed by atoms with Gasteiger partial charge in [0.05, 0.1) is 11.9 Å². The number of benzene rings is 2. The Morgan fingerprint density at radius 3 is 2.43 bits per heavy atom. The lowest BCUT2D eigenvalue weighted by Gasteiger charge is -2.13. The first kappa shape index (κ1) is 17.0. The van der Waals surface area contributed by atoms with E-state index in [1.807, 2.05) is 30.3 Å². The normalized spacial score (nSPS) is 11.0. The van der Waals surface area contributed by atoms with Crippen LogP contribution in [0.25, 0.3) is 0 Å². The van der Waals surface area contributed by atoms with Crippen molar-refractivity contribution < 1.29 is 17.9 Å². The van der Waals surface area contributed by atoms with Gasteiger partial charge in [-0.05, 0) is 23.8 Å². The Balaban J connectivity index is 2.28. The molecule has 0 aliphatic heterocycles. The molecule has 23 heavy (non-hydrogen) atoms. The quantitative estimate of drug-likeness (QED) is 0.790. The molecule has 2 rings (SSSR count).